The van der Waals surface area contributed by atoms with Crippen LogP contribution in [0.1, 0.15) is 38.7 Å². The number of hydrogen-bond donors (Lipinski definition) is 3. The smallest absolute Gasteiger partial charge is 0.240 e. The van der Waals surface area contributed by atoms with Gasteiger partial charge in [0, 0.05) is 31.8 Å². The monoisotopic (exact) mass is 567 g/mol. The van der Waals surface area contributed by atoms with E-state index in [1.54, 1.807) is 6.07 Å². The molecule has 0 spiro atoms. The number of amides is 1. The molecule has 1 atom stereocenters. The molecule has 2 aromatic rings. The Labute approximate surface area is 219 Å². The molecule has 1 amide bonds. The van der Waals surface area contributed by atoms with Crippen molar-refractivity contribution in [3.8, 4) is 17.2 Å². The number of rotatable bonds is 13. The summed E-state index contributed by atoms with van der Waals surface area (Å²) >= 11 is 9.85. The number of hydrazone groups is 1. The van der Waals surface area contributed by atoms with Crippen LogP contribution in [0.2, 0.25) is 5.02 Å². The van der Waals surface area contributed by atoms with Crippen LogP contribution in [0.25, 0.3) is 0 Å². The molecule has 1 aliphatic rings. The fraction of sp³-hybridized carbons (Fsp3) is 0.440. The number of ether oxygens (including phenoxy) is 3. The minimum Gasteiger partial charge on any atom is -0.493 e. The summed E-state index contributed by atoms with van der Waals surface area (Å²) in [6, 6.07) is 11.3. The molecular weight excluding hydrogens is 538 g/mol. The third-order valence-electron chi connectivity index (χ3n) is 5.08. The van der Waals surface area contributed by atoms with Crippen LogP contribution in [-0.4, -0.2) is 55.2 Å². The molecule has 190 valence electrons. The molecule has 35 heavy (non-hydrogen) atoms. The predicted molar refractivity (Wildman–Crippen MR) is 140 cm³/mol. The molecule has 0 saturated carbocycles. The van der Waals surface area contributed by atoms with Gasteiger partial charge in [0.15, 0.2) is 0 Å². The number of nitrogens with one attached hydrogen (secondary N) is 2. The van der Waals surface area contributed by atoms with E-state index in [4.69, 9.17) is 25.8 Å². The van der Waals surface area contributed by atoms with Crippen molar-refractivity contribution in [3.63, 3.8) is 0 Å². The molecule has 1 aliphatic heterocycles. The molecule has 0 unspecified atom stereocenters. The van der Waals surface area contributed by atoms with Crippen molar-refractivity contribution in [3.05, 3.63) is 51.5 Å². The summed E-state index contributed by atoms with van der Waals surface area (Å²) in [7, 11) is 0. The van der Waals surface area contributed by atoms with Gasteiger partial charge >= 0.3 is 0 Å². The third kappa shape index (κ3) is 9.00. The van der Waals surface area contributed by atoms with Gasteiger partial charge < -0.3 is 24.6 Å². The third-order valence-corrected chi connectivity index (χ3v) is 6.00. The van der Waals surface area contributed by atoms with Crippen molar-refractivity contribution in [2.45, 2.75) is 45.3 Å². The van der Waals surface area contributed by atoms with Crippen LogP contribution in [0, 0.1) is 0 Å². The van der Waals surface area contributed by atoms with E-state index in [2.05, 4.69) is 31.8 Å². The number of aliphatic hydroxyl groups excluding tert-OH is 1. The van der Waals surface area contributed by atoms with Crippen LogP contribution in [0.15, 0.2) is 46.0 Å². The fourth-order valence-corrected chi connectivity index (χ4v) is 3.92. The highest BCUT2D eigenvalue weighted by Crippen LogP contribution is 2.30. The van der Waals surface area contributed by atoms with Crippen molar-refractivity contribution in [1.82, 2.24) is 10.7 Å². The molecule has 0 aliphatic carbocycles. The standard InChI is InChI=1S/C25H31BrClN3O5/c1-16(2)28-14-18(31)15-35-23-8-5-19(13-20(23)26)33-10-3-11-34-24-7-4-17(12-21(24)27)22-6-9-25(32)30-29-22/h4-5,7-8,12-13,16,18,28,31H,3,6,9-11,14-15H2,1-2H3,(H,30,32)/t18-/m0/s1. The van der Waals surface area contributed by atoms with Gasteiger partial charge in [-0.1, -0.05) is 25.4 Å². The van der Waals surface area contributed by atoms with Crippen molar-refractivity contribution in [2.75, 3.05) is 26.4 Å². The predicted octanol–water partition coefficient (Wildman–Crippen LogP) is 4.30. The normalized spacial score (nSPS) is 14.3. The average molecular weight is 569 g/mol. The Balaban J connectivity index is 1.38. The van der Waals surface area contributed by atoms with Crippen LogP contribution in [-0.2, 0) is 4.79 Å². The Morgan fingerprint density at radius 3 is 2.57 bits per heavy atom. The van der Waals surface area contributed by atoms with E-state index in [0.717, 1.165) is 15.7 Å². The highest BCUT2D eigenvalue weighted by atomic mass is 79.9. The molecule has 0 aromatic heterocycles. The van der Waals surface area contributed by atoms with Crippen molar-refractivity contribution >= 4 is 39.1 Å². The van der Waals surface area contributed by atoms with E-state index in [-0.39, 0.29) is 12.5 Å². The number of halogens is 2. The fourth-order valence-electron chi connectivity index (χ4n) is 3.22. The van der Waals surface area contributed by atoms with Gasteiger partial charge in [-0.05, 0) is 57.9 Å². The largest absolute Gasteiger partial charge is 0.493 e. The van der Waals surface area contributed by atoms with Crippen molar-refractivity contribution < 1.29 is 24.1 Å². The highest BCUT2D eigenvalue weighted by molar-refractivity contribution is 9.10. The lowest BCUT2D eigenvalue weighted by molar-refractivity contribution is -0.121. The second kappa shape index (κ2) is 13.7. The molecule has 0 fully saturated rings. The van der Waals surface area contributed by atoms with Gasteiger partial charge in [0.2, 0.25) is 5.91 Å². The summed E-state index contributed by atoms with van der Waals surface area (Å²) in [5, 5.41) is 17.7. The van der Waals surface area contributed by atoms with Gasteiger partial charge in [0.05, 0.1) is 28.4 Å². The molecule has 10 heteroatoms. The van der Waals surface area contributed by atoms with Crippen LogP contribution in [0.3, 0.4) is 0 Å². The summed E-state index contributed by atoms with van der Waals surface area (Å²) in [6.45, 7) is 5.64. The van der Waals surface area contributed by atoms with E-state index in [1.807, 2.05) is 44.2 Å². The summed E-state index contributed by atoms with van der Waals surface area (Å²) in [5.74, 6) is 1.85. The first kappa shape index (κ1) is 27.3. The lowest BCUT2D eigenvalue weighted by Crippen LogP contribution is -2.35. The van der Waals surface area contributed by atoms with Crippen LogP contribution in [0.4, 0.5) is 0 Å². The summed E-state index contributed by atoms with van der Waals surface area (Å²) in [6.07, 6.45) is 1.08. The average Bonchev–Trinajstić information content (AvgIpc) is 2.83. The quantitative estimate of drug-likeness (QED) is 0.312. The zero-order valence-corrected chi connectivity index (χ0v) is 22.2. The molecule has 0 saturated heterocycles. The first-order valence-corrected chi connectivity index (χ1v) is 12.7. The number of carbonyl (C=O) groups is 1. The molecule has 2 aromatic carbocycles. The maximum atomic E-state index is 11.2. The molecule has 3 rings (SSSR count). The first-order chi connectivity index (χ1) is 16.8. The van der Waals surface area contributed by atoms with E-state index in [0.29, 0.717) is 67.3 Å². The first-order valence-electron chi connectivity index (χ1n) is 11.6. The Bertz CT molecular complexity index is 1030. The van der Waals surface area contributed by atoms with Gasteiger partial charge in [-0.3, -0.25) is 4.79 Å². The Kier molecular flexibility index (Phi) is 10.7. The number of carbonyl (C=O) groups excluding carboxylic acids is 1. The Hall–Kier alpha value is -2.33. The van der Waals surface area contributed by atoms with Crippen LogP contribution in [0.5, 0.6) is 17.2 Å². The number of hydrogen-bond acceptors (Lipinski definition) is 7. The molecular formula is C25H31BrClN3O5. The molecule has 8 nitrogen and oxygen atoms in total. The summed E-state index contributed by atoms with van der Waals surface area (Å²) in [4.78, 5) is 11.2. The number of aliphatic hydroxyl groups is 1. The van der Waals surface area contributed by atoms with Crippen LogP contribution < -0.4 is 25.0 Å². The maximum absolute atomic E-state index is 11.2. The lowest BCUT2D eigenvalue weighted by atomic mass is 10.0. The van der Waals surface area contributed by atoms with Gasteiger partial charge in [0.1, 0.15) is 30.0 Å². The zero-order valence-electron chi connectivity index (χ0n) is 19.9. The molecule has 3 N–H and O–H groups in total. The van der Waals surface area contributed by atoms with Gasteiger partial charge in [-0.25, -0.2) is 5.43 Å². The Morgan fingerprint density at radius 1 is 1.11 bits per heavy atom. The van der Waals surface area contributed by atoms with Crippen molar-refractivity contribution in [1.29, 1.82) is 0 Å². The lowest BCUT2D eigenvalue weighted by Gasteiger charge is -2.16. The van der Waals surface area contributed by atoms with Gasteiger partial charge in [-0.2, -0.15) is 5.10 Å². The van der Waals surface area contributed by atoms with Gasteiger partial charge in [0.25, 0.3) is 0 Å². The highest BCUT2D eigenvalue weighted by Gasteiger charge is 2.15. The van der Waals surface area contributed by atoms with Crippen LogP contribution >= 0.6 is 27.5 Å². The second-order valence-electron chi connectivity index (χ2n) is 8.41. The number of benzene rings is 2. The zero-order chi connectivity index (χ0) is 25.2. The minimum absolute atomic E-state index is 0.0798. The summed E-state index contributed by atoms with van der Waals surface area (Å²) in [5.41, 5.74) is 4.16. The second-order valence-corrected chi connectivity index (χ2v) is 9.67. The van der Waals surface area contributed by atoms with E-state index in [9.17, 15) is 9.90 Å². The van der Waals surface area contributed by atoms with Gasteiger partial charge in [-0.15, -0.1) is 0 Å². The molecule has 1 heterocycles. The molecule has 0 radical (unpaired) electrons. The molecule has 0 bridgehead atoms. The summed E-state index contributed by atoms with van der Waals surface area (Å²) < 4.78 is 18.0. The SMILES string of the molecule is CC(C)NC[C@H](O)COc1ccc(OCCCOc2ccc(C3=NNC(=O)CC3)cc2Cl)cc1Br. The Morgan fingerprint density at radius 2 is 1.89 bits per heavy atom. The van der Waals surface area contributed by atoms with E-state index < -0.39 is 6.10 Å². The maximum Gasteiger partial charge on any atom is 0.240 e. The number of nitrogens with zero attached hydrogens (tertiary/aromatic N) is 1. The van der Waals surface area contributed by atoms with E-state index >= 15 is 0 Å². The van der Waals surface area contributed by atoms with Crippen molar-refractivity contribution in [2.24, 2.45) is 5.10 Å². The van der Waals surface area contributed by atoms with E-state index in [1.165, 1.54) is 0 Å². The minimum atomic E-state index is -0.589. The topological polar surface area (TPSA) is 101 Å².